The van der Waals surface area contributed by atoms with Crippen molar-refractivity contribution in [2.24, 2.45) is 0 Å². The third kappa shape index (κ3) is 3.84. The van der Waals surface area contributed by atoms with Gasteiger partial charge in [-0.25, -0.2) is 10.9 Å². The van der Waals surface area contributed by atoms with Crippen molar-refractivity contribution in [2.45, 2.75) is 18.5 Å². The molecule has 2 aromatic rings. The summed E-state index contributed by atoms with van der Waals surface area (Å²) < 4.78 is 0. The minimum absolute atomic E-state index is 0.0278. The van der Waals surface area contributed by atoms with Crippen molar-refractivity contribution in [3.8, 4) is 0 Å². The number of nitrogens with one attached hydrogen (secondary N) is 2. The third-order valence-corrected chi connectivity index (χ3v) is 5.19. The van der Waals surface area contributed by atoms with Crippen LogP contribution < -0.4 is 10.9 Å². The zero-order valence-electron chi connectivity index (χ0n) is 15.0. The maximum absolute atomic E-state index is 12.8. The Morgan fingerprint density at radius 1 is 0.926 bits per heavy atom. The van der Waals surface area contributed by atoms with Crippen LogP contribution in [-0.4, -0.2) is 58.8 Å². The minimum atomic E-state index is -0.258. The number of rotatable bonds is 3. The second-order valence-corrected chi connectivity index (χ2v) is 6.90. The maximum Gasteiger partial charge on any atom is 0.253 e. The number of pyridine rings is 1. The highest BCUT2D eigenvalue weighted by Gasteiger charge is 2.34. The summed E-state index contributed by atoms with van der Waals surface area (Å²) in [6.07, 6.45) is 4.25. The van der Waals surface area contributed by atoms with Crippen LogP contribution in [0.3, 0.4) is 0 Å². The molecule has 27 heavy (non-hydrogen) atoms. The van der Waals surface area contributed by atoms with Gasteiger partial charge in [-0.3, -0.25) is 14.6 Å². The number of hydrogen-bond acceptors (Lipinski definition) is 5. The summed E-state index contributed by atoms with van der Waals surface area (Å²) in [6.45, 7) is 2.25. The van der Waals surface area contributed by atoms with Crippen molar-refractivity contribution in [3.63, 3.8) is 0 Å². The van der Waals surface area contributed by atoms with Crippen LogP contribution in [0, 0.1) is 0 Å². The Balaban J connectivity index is 1.31. The van der Waals surface area contributed by atoms with Gasteiger partial charge < -0.3 is 9.80 Å². The van der Waals surface area contributed by atoms with Gasteiger partial charge in [-0.05, 0) is 30.2 Å². The van der Waals surface area contributed by atoms with E-state index in [1.54, 1.807) is 6.20 Å². The molecule has 2 amide bonds. The van der Waals surface area contributed by atoms with Gasteiger partial charge >= 0.3 is 0 Å². The van der Waals surface area contributed by atoms with Gasteiger partial charge in [-0.15, -0.1) is 0 Å². The minimum Gasteiger partial charge on any atom is -0.338 e. The van der Waals surface area contributed by atoms with E-state index in [-0.39, 0.29) is 23.9 Å². The van der Waals surface area contributed by atoms with Crippen LogP contribution in [0.1, 0.15) is 28.4 Å². The lowest BCUT2D eigenvalue weighted by Crippen LogP contribution is -2.54. The first-order valence-electron chi connectivity index (χ1n) is 9.26. The molecule has 0 saturated carbocycles. The van der Waals surface area contributed by atoms with Gasteiger partial charge in [0, 0.05) is 50.2 Å². The Labute approximate surface area is 158 Å². The van der Waals surface area contributed by atoms with Gasteiger partial charge in [0.15, 0.2) is 0 Å². The van der Waals surface area contributed by atoms with Crippen molar-refractivity contribution < 1.29 is 9.59 Å². The molecule has 2 saturated heterocycles. The lowest BCUT2D eigenvalue weighted by Gasteiger charge is -2.35. The SMILES string of the molecule is O=C(c1ccccc1)N1CCN(C(=O)C2CC(c3cccnc3)NN2)CC1. The molecule has 2 fully saturated rings. The number of nitrogens with zero attached hydrogens (tertiary/aromatic N) is 3. The van der Waals surface area contributed by atoms with Crippen LogP contribution >= 0.6 is 0 Å². The molecule has 0 spiro atoms. The van der Waals surface area contributed by atoms with E-state index in [1.807, 2.05) is 58.5 Å². The van der Waals surface area contributed by atoms with Crippen LogP contribution in [0.4, 0.5) is 0 Å². The Morgan fingerprint density at radius 2 is 1.67 bits per heavy atom. The number of piperazine rings is 1. The quantitative estimate of drug-likeness (QED) is 0.848. The summed E-state index contributed by atoms with van der Waals surface area (Å²) >= 11 is 0. The first-order valence-corrected chi connectivity index (χ1v) is 9.26. The first-order chi connectivity index (χ1) is 13.2. The molecule has 140 valence electrons. The summed E-state index contributed by atoms with van der Waals surface area (Å²) in [6, 6.07) is 13.0. The van der Waals surface area contributed by atoms with E-state index in [4.69, 9.17) is 0 Å². The summed E-state index contributed by atoms with van der Waals surface area (Å²) in [7, 11) is 0. The first kappa shape index (κ1) is 17.6. The summed E-state index contributed by atoms with van der Waals surface area (Å²) in [4.78, 5) is 33.2. The summed E-state index contributed by atoms with van der Waals surface area (Å²) in [5, 5.41) is 0. The lowest BCUT2D eigenvalue weighted by molar-refractivity contribution is -0.134. The van der Waals surface area contributed by atoms with Gasteiger partial charge in [-0.2, -0.15) is 0 Å². The van der Waals surface area contributed by atoms with E-state index in [1.165, 1.54) is 0 Å². The van der Waals surface area contributed by atoms with Crippen molar-refractivity contribution in [1.29, 1.82) is 0 Å². The molecule has 1 aromatic heterocycles. The number of hydrazine groups is 1. The monoisotopic (exact) mass is 365 g/mol. The number of carbonyl (C=O) groups excluding carboxylic acids is 2. The lowest BCUT2D eigenvalue weighted by atomic mass is 10.0. The largest absolute Gasteiger partial charge is 0.338 e. The van der Waals surface area contributed by atoms with Crippen LogP contribution in [0.15, 0.2) is 54.9 Å². The summed E-state index contributed by atoms with van der Waals surface area (Å²) in [5.41, 5.74) is 8.06. The second-order valence-electron chi connectivity index (χ2n) is 6.90. The Kier molecular flexibility index (Phi) is 5.13. The van der Waals surface area contributed by atoms with Gasteiger partial charge in [0.25, 0.3) is 5.91 Å². The van der Waals surface area contributed by atoms with Crippen LogP contribution in [0.25, 0.3) is 0 Å². The van der Waals surface area contributed by atoms with E-state index in [0.29, 0.717) is 38.2 Å². The van der Waals surface area contributed by atoms with E-state index in [0.717, 1.165) is 5.56 Å². The highest BCUT2D eigenvalue weighted by molar-refractivity contribution is 5.94. The van der Waals surface area contributed by atoms with Gasteiger partial charge in [0.05, 0.1) is 0 Å². The fourth-order valence-corrected chi connectivity index (χ4v) is 3.63. The zero-order valence-corrected chi connectivity index (χ0v) is 15.0. The highest BCUT2D eigenvalue weighted by Crippen LogP contribution is 2.22. The average Bonchev–Trinajstić information content (AvgIpc) is 3.24. The second kappa shape index (κ2) is 7.85. The molecular formula is C20H23N5O2. The number of hydrogen-bond donors (Lipinski definition) is 2. The van der Waals surface area contributed by atoms with E-state index >= 15 is 0 Å². The van der Waals surface area contributed by atoms with Crippen LogP contribution in [0.2, 0.25) is 0 Å². The zero-order chi connectivity index (χ0) is 18.6. The maximum atomic E-state index is 12.8. The van der Waals surface area contributed by atoms with Crippen molar-refractivity contribution >= 4 is 11.8 Å². The van der Waals surface area contributed by atoms with Gasteiger partial charge in [0.2, 0.25) is 5.91 Å². The Bertz CT molecular complexity index is 791. The normalized spacial score (nSPS) is 22.7. The van der Waals surface area contributed by atoms with Crippen LogP contribution in [-0.2, 0) is 4.79 Å². The molecule has 3 heterocycles. The molecule has 0 radical (unpaired) electrons. The number of carbonyl (C=O) groups is 2. The topological polar surface area (TPSA) is 77.6 Å². The van der Waals surface area contributed by atoms with E-state index in [2.05, 4.69) is 15.8 Å². The molecule has 2 N–H and O–H groups in total. The molecule has 2 atom stereocenters. The molecule has 2 aliphatic rings. The fourth-order valence-electron chi connectivity index (χ4n) is 3.63. The smallest absolute Gasteiger partial charge is 0.253 e. The number of benzene rings is 1. The van der Waals surface area contributed by atoms with Gasteiger partial charge in [0.1, 0.15) is 6.04 Å². The Morgan fingerprint density at radius 3 is 2.37 bits per heavy atom. The molecule has 2 unspecified atom stereocenters. The van der Waals surface area contributed by atoms with E-state index < -0.39 is 0 Å². The molecule has 4 rings (SSSR count). The predicted octanol–water partition coefficient (Wildman–Crippen LogP) is 0.974. The van der Waals surface area contributed by atoms with Crippen LogP contribution in [0.5, 0.6) is 0 Å². The van der Waals surface area contributed by atoms with Crippen molar-refractivity contribution in [2.75, 3.05) is 26.2 Å². The average molecular weight is 365 g/mol. The molecule has 0 aliphatic carbocycles. The number of aromatic nitrogens is 1. The fraction of sp³-hybridized carbons (Fsp3) is 0.350. The number of amides is 2. The van der Waals surface area contributed by atoms with Crippen molar-refractivity contribution in [1.82, 2.24) is 25.6 Å². The standard InChI is InChI=1S/C20H23N5O2/c26-19(15-5-2-1-3-6-15)24-9-11-25(12-10-24)20(27)18-13-17(22-23-18)16-7-4-8-21-14-16/h1-8,14,17-18,22-23H,9-13H2. The predicted molar refractivity (Wildman–Crippen MR) is 101 cm³/mol. The third-order valence-electron chi connectivity index (χ3n) is 5.19. The molecule has 7 nitrogen and oxygen atoms in total. The van der Waals surface area contributed by atoms with Gasteiger partial charge in [-0.1, -0.05) is 24.3 Å². The highest BCUT2D eigenvalue weighted by atomic mass is 16.2. The molecule has 1 aromatic carbocycles. The molecule has 7 heteroatoms. The molecule has 2 aliphatic heterocycles. The summed E-state index contributed by atoms with van der Waals surface area (Å²) in [5.74, 6) is 0.112. The van der Waals surface area contributed by atoms with E-state index in [9.17, 15) is 9.59 Å². The Hall–Kier alpha value is -2.77. The molecular weight excluding hydrogens is 342 g/mol. The molecule has 0 bridgehead atoms. The van der Waals surface area contributed by atoms with Crippen molar-refractivity contribution in [3.05, 3.63) is 66.0 Å².